The highest BCUT2D eigenvalue weighted by molar-refractivity contribution is 7.47. The van der Waals surface area contributed by atoms with E-state index in [2.05, 4.69) is 9.51 Å². The number of phosphoric acid groups is 1. The van der Waals surface area contributed by atoms with Crippen LogP contribution in [0.1, 0.15) is 33.4 Å². The van der Waals surface area contributed by atoms with Gasteiger partial charge in [-0.2, -0.15) is 0 Å². The fourth-order valence-electron chi connectivity index (χ4n) is 1.89. The maximum absolute atomic E-state index is 11.7. The zero-order valence-corrected chi connectivity index (χ0v) is 13.8. The van der Waals surface area contributed by atoms with Crippen molar-refractivity contribution in [1.82, 2.24) is 9.55 Å². The Morgan fingerprint density at radius 2 is 2.05 bits per heavy atom. The molecule has 1 rings (SSSR count). The lowest BCUT2D eigenvalue weighted by Crippen LogP contribution is -2.36. The summed E-state index contributed by atoms with van der Waals surface area (Å²) in [5, 5.41) is 0. The van der Waals surface area contributed by atoms with E-state index in [1.807, 2.05) is 6.92 Å². The van der Waals surface area contributed by atoms with E-state index in [9.17, 15) is 19.0 Å². The predicted octanol–water partition coefficient (Wildman–Crippen LogP) is 1.00. The van der Waals surface area contributed by atoms with Gasteiger partial charge in [0.15, 0.2) is 0 Å². The van der Waals surface area contributed by atoms with Crippen molar-refractivity contribution in [3.63, 3.8) is 0 Å². The van der Waals surface area contributed by atoms with E-state index >= 15 is 0 Å². The molecule has 2 N–H and O–H groups in total. The van der Waals surface area contributed by atoms with Crippen LogP contribution in [0.4, 0.5) is 0 Å². The van der Waals surface area contributed by atoms with Crippen molar-refractivity contribution >= 4 is 7.82 Å². The number of ether oxygens (including phenoxy) is 1. The molecule has 1 heterocycles. The number of nitrogens with zero attached hydrogens (tertiary/aromatic N) is 1. The Kier molecular flexibility index (Phi) is 6.70. The highest BCUT2D eigenvalue weighted by Gasteiger charge is 2.29. The molecule has 0 saturated carbocycles. The second kappa shape index (κ2) is 7.85. The second-order valence-electron chi connectivity index (χ2n) is 4.66. The quantitative estimate of drug-likeness (QED) is 0.680. The predicted molar refractivity (Wildman–Crippen MR) is 78.6 cm³/mol. The van der Waals surface area contributed by atoms with E-state index < -0.39 is 37.5 Å². The monoisotopic (exact) mass is 336 g/mol. The summed E-state index contributed by atoms with van der Waals surface area (Å²) >= 11 is 0. The van der Waals surface area contributed by atoms with Crippen molar-refractivity contribution in [3.05, 3.63) is 33.1 Å². The lowest BCUT2D eigenvalue weighted by molar-refractivity contribution is -0.0937. The molecule has 0 saturated heterocycles. The van der Waals surface area contributed by atoms with Crippen LogP contribution >= 0.6 is 7.82 Å². The van der Waals surface area contributed by atoms with Crippen LogP contribution in [0.3, 0.4) is 0 Å². The fraction of sp³-hybridized carbons (Fsp3) is 0.667. The molecule has 10 heteroatoms. The summed E-state index contributed by atoms with van der Waals surface area (Å²) in [5.41, 5.74) is -1.10. The number of H-pyrrole nitrogens is 1. The normalized spacial score (nSPS) is 18.4. The fourth-order valence-corrected chi connectivity index (χ4v) is 2.53. The van der Waals surface area contributed by atoms with Crippen molar-refractivity contribution in [2.45, 2.75) is 45.6 Å². The van der Waals surface area contributed by atoms with Gasteiger partial charge in [0.25, 0.3) is 5.56 Å². The summed E-state index contributed by atoms with van der Waals surface area (Å²) in [5.74, 6) is 0. The van der Waals surface area contributed by atoms with Crippen LogP contribution in [0.15, 0.2) is 21.9 Å². The minimum Gasteiger partial charge on any atom is -0.352 e. The highest BCUT2D eigenvalue weighted by Crippen LogP contribution is 2.44. The van der Waals surface area contributed by atoms with Gasteiger partial charge in [-0.05, 0) is 20.3 Å². The molecule has 0 spiro atoms. The van der Waals surface area contributed by atoms with E-state index in [0.29, 0.717) is 6.42 Å². The molecule has 0 aliphatic rings. The van der Waals surface area contributed by atoms with Crippen LogP contribution in [0.2, 0.25) is 0 Å². The molecule has 4 atom stereocenters. The van der Waals surface area contributed by atoms with Gasteiger partial charge in [0.05, 0.1) is 12.2 Å². The van der Waals surface area contributed by atoms with Gasteiger partial charge < -0.3 is 9.63 Å². The second-order valence-corrected chi connectivity index (χ2v) is 6.17. The largest absolute Gasteiger partial charge is 0.472 e. The van der Waals surface area contributed by atoms with Gasteiger partial charge in [-0.15, -0.1) is 0 Å². The molecule has 0 aliphatic carbocycles. The average Bonchev–Trinajstić information content (AvgIpc) is 2.43. The average molecular weight is 336 g/mol. The molecule has 126 valence electrons. The van der Waals surface area contributed by atoms with Gasteiger partial charge >= 0.3 is 13.5 Å². The first-order chi connectivity index (χ1) is 10.2. The standard InChI is InChI=1S/C12H21N2O7P/c1-5-10(8(2)21-22(17,18)19-4)20-9(3)14-7-6-11(15)13-12(14)16/h6-10H,5H2,1-4H3,(H,17,18)(H,13,15,16)/t8?,9?,10-/m0/s1. The topological polar surface area (TPSA) is 120 Å². The van der Waals surface area contributed by atoms with Gasteiger partial charge in [-0.3, -0.25) is 23.4 Å². The van der Waals surface area contributed by atoms with E-state index in [1.54, 1.807) is 13.8 Å². The van der Waals surface area contributed by atoms with Crippen molar-refractivity contribution in [2.24, 2.45) is 0 Å². The van der Waals surface area contributed by atoms with Gasteiger partial charge in [-0.1, -0.05) is 6.92 Å². The Morgan fingerprint density at radius 3 is 2.55 bits per heavy atom. The molecule has 9 nitrogen and oxygen atoms in total. The molecule has 0 aromatic carbocycles. The van der Waals surface area contributed by atoms with Gasteiger partial charge in [0, 0.05) is 19.4 Å². The third kappa shape index (κ3) is 5.19. The van der Waals surface area contributed by atoms with Crippen molar-refractivity contribution < 1.29 is 23.2 Å². The number of aromatic amines is 1. The van der Waals surface area contributed by atoms with Crippen LogP contribution in [-0.4, -0.2) is 33.8 Å². The molecular formula is C12H21N2O7P. The minimum absolute atomic E-state index is 0.479. The zero-order chi connectivity index (χ0) is 16.9. The van der Waals surface area contributed by atoms with Crippen LogP contribution in [0.5, 0.6) is 0 Å². The first kappa shape index (κ1) is 18.8. The molecule has 1 aromatic heterocycles. The van der Waals surface area contributed by atoms with Crippen LogP contribution in [-0.2, 0) is 18.3 Å². The third-order valence-corrected chi connectivity index (χ3v) is 4.13. The summed E-state index contributed by atoms with van der Waals surface area (Å²) in [6.45, 7) is 4.99. The van der Waals surface area contributed by atoms with Crippen molar-refractivity contribution in [3.8, 4) is 0 Å². The van der Waals surface area contributed by atoms with E-state index in [0.717, 1.165) is 7.11 Å². The third-order valence-electron chi connectivity index (χ3n) is 3.07. The SMILES string of the molecule is CC[C@H](OC(C)n1ccc(=O)[nH]c1=O)C(C)OP(=O)(O)OC. The van der Waals surface area contributed by atoms with E-state index in [-0.39, 0.29) is 0 Å². The number of nitrogens with one attached hydrogen (secondary N) is 1. The first-order valence-electron chi connectivity index (χ1n) is 6.74. The number of hydrogen-bond donors (Lipinski definition) is 2. The molecule has 22 heavy (non-hydrogen) atoms. The van der Waals surface area contributed by atoms with Gasteiger partial charge in [0.1, 0.15) is 6.23 Å². The first-order valence-corrected chi connectivity index (χ1v) is 8.23. The smallest absolute Gasteiger partial charge is 0.352 e. The summed E-state index contributed by atoms with van der Waals surface area (Å²) < 4.78 is 27.6. The maximum atomic E-state index is 11.7. The molecule has 0 radical (unpaired) electrons. The lowest BCUT2D eigenvalue weighted by Gasteiger charge is -2.27. The molecule has 3 unspecified atom stereocenters. The summed E-state index contributed by atoms with van der Waals surface area (Å²) in [7, 11) is -3.06. The summed E-state index contributed by atoms with van der Waals surface area (Å²) in [6, 6.07) is 1.20. The number of rotatable bonds is 8. The molecule has 0 fully saturated rings. The number of aromatic nitrogens is 2. The summed E-state index contributed by atoms with van der Waals surface area (Å²) in [6.07, 6.45) is -0.184. The molecule has 0 bridgehead atoms. The molecule has 0 amide bonds. The Hall–Kier alpha value is -1.25. The minimum atomic E-state index is -4.12. The van der Waals surface area contributed by atoms with Crippen molar-refractivity contribution in [1.29, 1.82) is 0 Å². The molecular weight excluding hydrogens is 315 g/mol. The summed E-state index contributed by atoms with van der Waals surface area (Å²) in [4.78, 5) is 34.2. The Labute approximate surface area is 127 Å². The van der Waals surface area contributed by atoms with Crippen LogP contribution < -0.4 is 11.2 Å². The molecule has 1 aromatic rings. The number of phosphoric ester groups is 1. The van der Waals surface area contributed by atoms with Crippen LogP contribution in [0, 0.1) is 0 Å². The molecule has 0 aliphatic heterocycles. The number of hydrogen-bond acceptors (Lipinski definition) is 6. The highest BCUT2D eigenvalue weighted by atomic mass is 31.2. The van der Waals surface area contributed by atoms with Crippen molar-refractivity contribution in [2.75, 3.05) is 7.11 Å². The van der Waals surface area contributed by atoms with E-state index in [4.69, 9.17) is 9.26 Å². The Bertz CT molecular complexity index is 641. The lowest BCUT2D eigenvalue weighted by atomic mass is 10.2. The Morgan fingerprint density at radius 1 is 1.41 bits per heavy atom. The Balaban J connectivity index is 2.82. The van der Waals surface area contributed by atoms with Gasteiger partial charge in [-0.25, -0.2) is 9.36 Å². The van der Waals surface area contributed by atoms with Gasteiger partial charge in [0.2, 0.25) is 0 Å². The van der Waals surface area contributed by atoms with Crippen LogP contribution in [0.25, 0.3) is 0 Å². The van der Waals surface area contributed by atoms with E-state index in [1.165, 1.54) is 16.8 Å². The maximum Gasteiger partial charge on any atom is 0.472 e. The zero-order valence-electron chi connectivity index (χ0n) is 12.9.